The molecule has 88 valence electrons. The highest BCUT2D eigenvalue weighted by Crippen LogP contribution is 2.49. The highest BCUT2D eigenvalue weighted by atomic mass is 16.1. The Balaban J connectivity index is 2.88. The minimum Gasteiger partial charge on any atom is -0.299 e. The number of hydrogen-bond donors (Lipinski definition) is 0. The van der Waals surface area contributed by atoms with Crippen LogP contribution in [0.4, 0.5) is 0 Å². The lowest BCUT2D eigenvalue weighted by molar-refractivity contribution is -0.132. The van der Waals surface area contributed by atoms with Crippen LogP contribution in [0.1, 0.15) is 66.7 Å². The first-order valence-corrected chi connectivity index (χ1v) is 6.35. The lowest BCUT2D eigenvalue weighted by Crippen LogP contribution is -2.43. The van der Waals surface area contributed by atoms with Gasteiger partial charge in [-0.05, 0) is 23.7 Å². The van der Waals surface area contributed by atoms with Gasteiger partial charge in [0.05, 0.1) is 0 Å². The topological polar surface area (TPSA) is 17.1 Å². The van der Waals surface area contributed by atoms with Crippen molar-refractivity contribution < 1.29 is 4.79 Å². The van der Waals surface area contributed by atoms with Crippen molar-refractivity contribution >= 4 is 5.78 Å². The van der Waals surface area contributed by atoms with Gasteiger partial charge in [0.1, 0.15) is 5.78 Å². The number of carbonyl (C=O) groups is 1. The van der Waals surface area contributed by atoms with Gasteiger partial charge in [0.25, 0.3) is 0 Å². The quantitative estimate of drug-likeness (QED) is 0.682. The van der Waals surface area contributed by atoms with Crippen LogP contribution in [-0.4, -0.2) is 5.78 Å². The zero-order valence-electron chi connectivity index (χ0n) is 11.0. The summed E-state index contributed by atoms with van der Waals surface area (Å²) in [6.45, 7) is 11.4. The first kappa shape index (κ1) is 12.7. The molecule has 0 aliphatic heterocycles. The third-order valence-corrected chi connectivity index (χ3v) is 5.05. The van der Waals surface area contributed by atoms with Crippen LogP contribution >= 0.6 is 0 Å². The summed E-state index contributed by atoms with van der Waals surface area (Å²) in [6, 6.07) is 0. The van der Waals surface area contributed by atoms with Crippen LogP contribution in [0.2, 0.25) is 0 Å². The molecule has 0 N–H and O–H groups in total. The Morgan fingerprint density at radius 3 is 2.27 bits per heavy atom. The predicted molar refractivity (Wildman–Crippen MR) is 64.8 cm³/mol. The Hall–Kier alpha value is -0.330. The van der Waals surface area contributed by atoms with Crippen molar-refractivity contribution in [1.29, 1.82) is 0 Å². The van der Waals surface area contributed by atoms with E-state index in [0.29, 0.717) is 11.7 Å². The SMILES string of the molecule is CCC(C)(C)C(C)(C)C1CCCCC1=O. The molecule has 0 bridgehead atoms. The van der Waals surface area contributed by atoms with Gasteiger partial charge >= 0.3 is 0 Å². The van der Waals surface area contributed by atoms with E-state index in [-0.39, 0.29) is 10.8 Å². The fourth-order valence-corrected chi connectivity index (χ4v) is 2.67. The molecule has 0 saturated heterocycles. The van der Waals surface area contributed by atoms with Gasteiger partial charge in [0.2, 0.25) is 0 Å². The van der Waals surface area contributed by atoms with E-state index < -0.39 is 0 Å². The lowest BCUT2D eigenvalue weighted by atomic mass is 9.57. The normalized spacial score (nSPS) is 24.3. The number of Topliss-reactive ketones (excluding diaryl/α,β-unsaturated/α-hetero) is 1. The maximum absolute atomic E-state index is 12.0. The van der Waals surface area contributed by atoms with E-state index in [4.69, 9.17) is 0 Å². The molecule has 1 saturated carbocycles. The molecule has 1 aliphatic carbocycles. The predicted octanol–water partition coefficient (Wildman–Crippen LogP) is 4.21. The van der Waals surface area contributed by atoms with Crippen molar-refractivity contribution in [3.63, 3.8) is 0 Å². The average molecular weight is 210 g/mol. The molecule has 1 atom stereocenters. The Labute approximate surface area is 94.6 Å². The average Bonchev–Trinajstić information content (AvgIpc) is 2.18. The monoisotopic (exact) mass is 210 g/mol. The van der Waals surface area contributed by atoms with Crippen molar-refractivity contribution in [3.05, 3.63) is 0 Å². The number of ketones is 1. The smallest absolute Gasteiger partial charge is 0.136 e. The third kappa shape index (κ3) is 2.26. The maximum atomic E-state index is 12.0. The zero-order chi connectivity index (χ0) is 11.7. The van der Waals surface area contributed by atoms with Crippen LogP contribution in [0, 0.1) is 16.7 Å². The van der Waals surface area contributed by atoms with Crippen LogP contribution in [0.25, 0.3) is 0 Å². The Bertz CT molecular complexity index is 238. The molecular formula is C14H26O. The summed E-state index contributed by atoms with van der Waals surface area (Å²) >= 11 is 0. The molecule has 0 spiro atoms. The van der Waals surface area contributed by atoms with Gasteiger partial charge in [0, 0.05) is 12.3 Å². The van der Waals surface area contributed by atoms with Crippen molar-refractivity contribution in [3.8, 4) is 0 Å². The first-order valence-electron chi connectivity index (χ1n) is 6.35. The summed E-state index contributed by atoms with van der Waals surface area (Å²) in [5, 5.41) is 0. The van der Waals surface area contributed by atoms with Crippen molar-refractivity contribution in [2.45, 2.75) is 66.7 Å². The molecule has 1 unspecified atom stereocenters. The Morgan fingerprint density at radius 2 is 1.80 bits per heavy atom. The number of rotatable bonds is 3. The van der Waals surface area contributed by atoms with Crippen LogP contribution < -0.4 is 0 Å². The van der Waals surface area contributed by atoms with E-state index in [1.165, 1.54) is 6.42 Å². The minimum atomic E-state index is 0.138. The molecule has 0 radical (unpaired) electrons. The summed E-state index contributed by atoms with van der Waals surface area (Å²) in [5.74, 6) is 0.800. The largest absolute Gasteiger partial charge is 0.299 e. The molecule has 0 aromatic carbocycles. The number of carbonyl (C=O) groups excluding carboxylic acids is 1. The van der Waals surface area contributed by atoms with Crippen LogP contribution in [0.3, 0.4) is 0 Å². The van der Waals surface area contributed by atoms with Gasteiger partial charge < -0.3 is 0 Å². The first-order chi connectivity index (χ1) is 6.83. The second kappa shape index (κ2) is 4.27. The lowest BCUT2D eigenvalue weighted by Gasteiger charge is -2.47. The molecule has 0 heterocycles. The van der Waals surface area contributed by atoms with Gasteiger partial charge in [-0.1, -0.05) is 47.5 Å². The summed E-state index contributed by atoms with van der Waals surface area (Å²) < 4.78 is 0. The van der Waals surface area contributed by atoms with E-state index in [0.717, 1.165) is 25.7 Å². The second-order valence-electron chi connectivity index (χ2n) is 6.22. The van der Waals surface area contributed by atoms with E-state index in [1.807, 2.05) is 0 Å². The molecule has 1 fully saturated rings. The Kier molecular flexibility index (Phi) is 3.63. The molecule has 1 nitrogen and oxygen atoms in total. The molecule has 15 heavy (non-hydrogen) atoms. The second-order valence-corrected chi connectivity index (χ2v) is 6.22. The molecule has 0 amide bonds. The van der Waals surface area contributed by atoms with Gasteiger partial charge in [-0.2, -0.15) is 0 Å². The van der Waals surface area contributed by atoms with Gasteiger partial charge in [-0.25, -0.2) is 0 Å². The van der Waals surface area contributed by atoms with Gasteiger partial charge in [-0.3, -0.25) is 4.79 Å². The molecule has 1 rings (SSSR count). The number of hydrogen-bond acceptors (Lipinski definition) is 1. The van der Waals surface area contributed by atoms with E-state index in [2.05, 4.69) is 34.6 Å². The molecule has 1 aliphatic rings. The molecule has 1 heteroatoms. The molecule has 0 aromatic heterocycles. The standard InChI is InChI=1S/C14H26O/c1-6-13(2,3)14(4,5)11-9-7-8-10-12(11)15/h11H,6-10H2,1-5H3. The van der Waals surface area contributed by atoms with Gasteiger partial charge in [0.15, 0.2) is 0 Å². The molecular weight excluding hydrogens is 184 g/mol. The van der Waals surface area contributed by atoms with Crippen LogP contribution in [0.15, 0.2) is 0 Å². The van der Waals surface area contributed by atoms with E-state index in [9.17, 15) is 4.79 Å². The summed E-state index contributed by atoms with van der Waals surface area (Å²) in [7, 11) is 0. The zero-order valence-corrected chi connectivity index (χ0v) is 11.0. The third-order valence-electron chi connectivity index (χ3n) is 5.05. The fourth-order valence-electron chi connectivity index (χ4n) is 2.67. The van der Waals surface area contributed by atoms with Crippen molar-refractivity contribution in [2.24, 2.45) is 16.7 Å². The highest BCUT2D eigenvalue weighted by Gasteiger charge is 2.45. The fraction of sp³-hybridized carbons (Fsp3) is 0.929. The van der Waals surface area contributed by atoms with Crippen molar-refractivity contribution in [2.75, 3.05) is 0 Å². The summed E-state index contributed by atoms with van der Waals surface area (Å²) in [6.07, 6.45) is 5.41. The maximum Gasteiger partial charge on any atom is 0.136 e. The van der Waals surface area contributed by atoms with Gasteiger partial charge in [-0.15, -0.1) is 0 Å². The van der Waals surface area contributed by atoms with E-state index in [1.54, 1.807) is 0 Å². The minimum absolute atomic E-state index is 0.138. The highest BCUT2D eigenvalue weighted by molar-refractivity contribution is 5.82. The Morgan fingerprint density at radius 1 is 1.20 bits per heavy atom. The summed E-state index contributed by atoms with van der Waals surface area (Å²) in [5.41, 5.74) is 0.393. The van der Waals surface area contributed by atoms with Crippen LogP contribution in [-0.2, 0) is 4.79 Å². The van der Waals surface area contributed by atoms with E-state index >= 15 is 0 Å². The van der Waals surface area contributed by atoms with Crippen molar-refractivity contribution in [1.82, 2.24) is 0 Å². The van der Waals surface area contributed by atoms with Crippen LogP contribution in [0.5, 0.6) is 0 Å². The summed E-state index contributed by atoms with van der Waals surface area (Å²) in [4.78, 5) is 12.0. The molecule has 0 aromatic rings.